The molecule has 2 heterocycles. The van der Waals surface area contributed by atoms with Crippen LogP contribution in [0.2, 0.25) is 0 Å². The number of halogens is 1. The second kappa shape index (κ2) is 9.70. The van der Waals surface area contributed by atoms with E-state index in [0.717, 1.165) is 11.1 Å². The number of anilines is 2. The number of carbonyl (C=O) groups is 1. The van der Waals surface area contributed by atoms with Gasteiger partial charge in [-0.1, -0.05) is 0 Å². The molecule has 0 saturated heterocycles. The molecule has 0 unspecified atom stereocenters. The molecule has 1 aromatic carbocycles. The predicted molar refractivity (Wildman–Crippen MR) is 114 cm³/mol. The molecule has 0 radical (unpaired) electrons. The summed E-state index contributed by atoms with van der Waals surface area (Å²) >= 11 is 5.57. The molecule has 0 fully saturated rings. The summed E-state index contributed by atoms with van der Waals surface area (Å²) in [5.74, 6) is 1.92. The largest absolute Gasteiger partial charge is 0.438 e. The van der Waals surface area contributed by atoms with Crippen molar-refractivity contribution < 1.29 is 9.53 Å². The van der Waals surface area contributed by atoms with Crippen LogP contribution in [0, 0.1) is 6.92 Å². The number of amides is 2. The van der Waals surface area contributed by atoms with Crippen molar-refractivity contribution in [1.82, 2.24) is 20.3 Å². The lowest BCUT2D eigenvalue weighted by molar-refractivity contribution is 0.252. The van der Waals surface area contributed by atoms with E-state index in [-0.39, 0.29) is 6.03 Å². The average Bonchev–Trinajstić information content (AvgIpc) is 2.74. The molecule has 150 valence electrons. The molecule has 2 aromatic heterocycles. The van der Waals surface area contributed by atoms with Crippen LogP contribution in [-0.2, 0) is 0 Å². The maximum Gasteiger partial charge on any atom is 0.319 e. The summed E-state index contributed by atoms with van der Waals surface area (Å²) in [6, 6.07) is 10.6. The van der Waals surface area contributed by atoms with Crippen molar-refractivity contribution in [3.63, 3.8) is 0 Å². The summed E-state index contributed by atoms with van der Waals surface area (Å²) in [6.07, 6.45) is 3.33. The number of ether oxygens (including phenoxy) is 1. The Labute approximate surface area is 173 Å². The van der Waals surface area contributed by atoms with Gasteiger partial charge in [0.2, 0.25) is 11.8 Å². The van der Waals surface area contributed by atoms with Gasteiger partial charge in [0, 0.05) is 37.6 Å². The van der Waals surface area contributed by atoms with Gasteiger partial charge in [-0.3, -0.25) is 0 Å². The number of hydrogen-bond acceptors (Lipinski definition) is 6. The van der Waals surface area contributed by atoms with Crippen molar-refractivity contribution in [3.8, 4) is 22.9 Å². The second-order valence-corrected chi connectivity index (χ2v) is 6.40. The smallest absolute Gasteiger partial charge is 0.319 e. The first-order valence-electron chi connectivity index (χ1n) is 8.96. The zero-order valence-electron chi connectivity index (χ0n) is 16.1. The molecule has 8 nitrogen and oxygen atoms in total. The third-order valence-electron chi connectivity index (χ3n) is 3.95. The molecule has 3 rings (SSSR count). The van der Waals surface area contributed by atoms with Crippen molar-refractivity contribution in [2.45, 2.75) is 6.92 Å². The third kappa shape index (κ3) is 5.32. The maximum atomic E-state index is 11.8. The van der Waals surface area contributed by atoms with Crippen LogP contribution >= 0.6 is 11.6 Å². The van der Waals surface area contributed by atoms with Crippen molar-refractivity contribution in [2.75, 3.05) is 30.1 Å². The molecule has 0 bridgehead atoms. The monoisotopic (exact) mass is 412 g/mol. The van der Waals surface area contributed by atoms with E-state index < -0.39 is 0 Å². The molecule has 0 spiro atoms. The topological polar surface area (TPSA) is 101 Å². The molecule has 9 heteroatoms. The predicted octanol–water partition coefficient (Wildman–Crippen LogP) is 4.04. The molecule has 29 heavy (non-hydrogen) atoms. The lowest BCUT2D eigenvalue weighted by Crippen LogP contribution is -2.30. The summed E-state index contributed by atoms with van der Waals surface area (Å²) < 4.78 is 6.06. The molecular formula is C20H21ClN6O2. The van der Waals surface area contributed by atoms with Crippen LogP contribution in [-0.4, -0.2) is 40.5 Å². The fourth-order valence-electron chi connectivity index (χ4n) is 2.58. The summed E-state index contributed by atoms with van der Waals surface area (Å²) in [5.41, 5.74) is 2.93. The van der Waals surface area contributed by atoms with Gasteiger partial charge < -0.3 is 20.7 Å². The number of pyridine rings is 1. The van der Waals surface area contributed by atoms with Crippen molar-refractivity contribution >= 4 is 29.3 Å². The van der Waals surface area contributed by atoms with E-state index in [1.165, 1.54) is 0 Å². The van der Waals surface area contributed by atoms with Gasteiger partial charge in [0.05, 0.1) is 11.3 Å². The number of benzene rings is 1. The number of nitrogens with one attached hydrogen (secondary N) is 3. The van der Waals surface area contributed by atoms with E-state index >= 15 is 0 Å². The van der Waals surface area contributed by atoms with Crippen molar-refractivity contribution in [1.29, 1.82) is 0 Å². The fourth-order valence-corrected chi connectivity index (χ4v) is 2.67. The Morgan fingerprint density at radius 1 is 1.17 bits per heavy atom. The van der Waals surface area contributed by atoms with E-state index in [0.29, 0.717) is 41.4 Å². The summed E-state index contributed by atoms with van der Waals surface area (Å²) in [7, 11) is 1.76. The molecule has 3 aromatic rings. The molecule has 0 atom stereocenters. The number of hydrogen-bond donors (Lipinski definition) is 3. The van der Waals surface area contributed by atoms with Gasteiger partial charge in [-0.25, -0.2) is 19.7 Å². The van der Waals surface area contributed by atoms with E-state index in [2.05, 4.69) is 30.9 Å². The Bertz CT molecular complexity index is 998. The minimum absolute atomic E-state index is 0.310. The van der Waals surface area contributed by atoms with Gasteiger partial charge in [0.25, 0.3) is 0 Å². The number of aromatic nitrogens is 3. The molecule has 0 aliphatic heterocycles. The Kier molecular flexibility index (Phi) is 6.80. The number of rotatable bonds is 7. The first kappa shape index (κ1) is 20.3. The highest BCUT2D eigenvalue weighted by molar-refractivity contribution is 6.18. The van der Waals surface area contributed by atoms with Gasteiger partial charge in [0.15, 0.2) is 0 Å². The maximum absolute atomic E-state index is 11.8. The zero-order valence-corrected chi connectivity index (χ0v) is 16.8. The Morgan fingerprint density at radius 3 is 2.79 bits per heavy atom. The Balaban J connectivity index is 1.81. The van der Waals surface area contributed by atoms with Crippen LogP contribution in [0.1, 0.15) is 5.56 Å². The van der Waals surface area contributed by atoms with Crippen LogP contribution in [0.15, 0.2) is 48.8 Å². The first-order valence-corrected chi connectivity index (χ1v) is 9.49. The van der Waals surface area contributed by atoms with Crippen LogP contribution in [0.5, 0.6) is 11.6 Å². The van der Waals surface area contributed by atoms with E-state index in [1.54, 1.807) is 37.6 Å². The highest BCUT2D eigenvalue weighted by Gasteiger charge is 2.12. The van der Waals surface area contributed by atoms with Gasteiger partial charge in [-0.2, -0.15) is 0 Å². The minimum atomic E-state index is -0.310. The summed E-state index contributed by atoms with van der Waals surface area (Å²) in [6.45, 7) is 2.29. The first-order chi connectivity index (χ1) is 14.1. The molecular weight excluding hydrogens is 392 g/mol. The summed E-state index contributed by atoms with van der Waals surface area (Å²) in [4.78, 5) is 24.7. The van der Waals surface area contributed by atoms with Gasteiger partial charge in [0.1, 0.15) is 5.75 Å². The number of urea groups is 1. The normalized spacial score (nSPS) is 10.3. The Hall–Kier alpha value is -3.39. The Morgan fingerprint density at radius 2 is 2.03 bits per heavy atom. The SMILES string of the molecule is CNc1nccc(-c2cccnc2Oc2ccc(NC(=O)NCCCl)cc2C)n1. The van der Waals surface area contributed by atoms with Gasteiger partial charge >= 0.3 is 6.03 Å². The molecule has 0 aliphatic carbocycles. The highest BCUT2D eigenvalue weighted by atomic mass is 35.5. The molecule has 2 amide bonds. The minimum Gasteiger partial charge on any atom is -0.438 e. The third-order valence-corrected chi connectivity index (χ3v) is 4.13. The van der Waals surface area contributed by atoms with Crippen LogP contribution < -0.4 is 20.7 Å². The highest BCUT2D eigenvalue weighted by Crippen LogP contribution is 2.32. The molecule has 0 saturated carbocycles. The standard InChI is InChI=1S/C20H21ClN6O2/c1-13-12-14(26-20(28)25-11-8-21)5-6-17(13)29-18-15(4-3-9-23-18)16-7-10-24-19(22-2)27-16/h3-7,9-10,12H,8,11H2,1-2H3,(H,22,24,27)(H2,25,26,28). The zero-order chi connectivity index (χ0) is 20.6. The number of carbonyl (C=O) groups excluding carboxylic acids is 1. The van der Waals surface area contributed by atoms with Crippen LogP contribution in [0.4, 0.5) is 16.4 Å². The number of nitrogens with zero attached hydrogens (tertiary/aromatic N) is 3. The van der Waals surface area contributed by atoms with E-state index in [9.17, 15) is 4.79 Å². The quantitative estimate of drug-likeness (QED) is 0.506. The average molecular weight is 413 g/mol. The van der Waals surface area contributed by atoms with E-state index in [4.69, 9.17) is 16.3 Å². The molecule has 0 aliphatic rings. The number of alkyl halides is 1. The van der Waals surface area contributed by atoms with Crippen molar-refractivity contribution in [3.05, 3.63) is 54.4 Å². The van der Waals surface area contributed by atoms with Gasteiger partial charge in [-0.05, 0) is 48.9 Å². The van der Waals surface area contributed by atoms with Crippen molar-refractivity contribution in [2.24, 2.45) is 0 Å². The van der Waals surface area contributed by atoms with Crippen LogP contribution in [0.3, 0.4) is 0 Å². The lowest BCUT2D eigenvalue weighted by atomic mass is 10.2. The number of aryl methyl sites for hydroxylation is 1. The van der Waals surface area contributed by atoms with Gasteiger partial charge in [-0.15, -0.1) is 11.6 Å². The molecule has 3 N–H and O–H groups in total. The second-order valence-electron chi connectivity index (χ2n) is 6.02. The summed E-state index contributed by atoms with van der Waals surface area (Å²) in [5, 5.41) is 8.32. The fraction of sp³-hybridized carbons (Fsp3) is 0.200. The van der Waals surface area contributed by atoms with E-state index in [1.807, 2.05) is 25.1 Å². The van der Waals surface area contributed by atoms with Crippen LogP contribution in [0.25, 0.3) is 11.3 Å². The lowest BCUT2D eigenvalue weighted by Gasteiger charge is -2.13.